The van der Waals surface area contributed by atoms with Gasteiger partial charge >= 0.3 is 0 Å². The van der Waals surface area contributed by atoms with Crippen LogP contribution < -0.4 is 4.90 Å². The molecule has 3 aromatic carbocycles. The molecule has 42 heavy (non-hydrogen) atoms. The van der Waals surface area contributed by atoms with E-state index >= 15 is 0 Å². The van der Waals surface area contributed by atoms with Crippen molar-refractivity contribution in [2.45, 2.75) is 54.3 Å². The molecule has 3 aliphatic rings. The maximum atomic E-state index is 13.7. The molecule has 2 unspecified atom stereocenters. The quantitative estimate of drug-likeness (QED) is 0.398. The molecule has 0 saturated carbocycles. The number of sulfone groups is 1. The first-order valence-corrected chi connectivity index (χ1v) is 16.5. The van der Waals surface area contributed by atoms with Crippen LogP contribution in [0.1, 0.15) is 41.6 Å². The molecular weight excluding hydrogens is 577 g/mol. The number of likely N-dealkylation sites (tertiary alicyclic amines) is 2. The van der Waals surface area contributed by atoms with Gasteiger partial charge in [0, 0.05) is 31.7 Å². The van der Waals surface area contributed by atoms with Gasteiger partial charge in [-0.3, -0.25) is 4.79 Å². The summed E-state index contributed by atoms with van der Waals surface area (Å²) in [5.41, 5.74) is 2.03. The fraction of sp³-hybridized carbons (Fsp3) is 0.406. The number of aromatic hydroxyl groups is 1. The number of nitrogens with zero attached hydrogens (tertiary/aromatic N) is 3. The third-order valence-corrected chi connectivity index (χ3v) is 11.6. The van der Waals surface area contributed by atoms with Crippen LogP contribution in [-0.4, -0.2) is 79.3 Å². The van der Waals surface area contributed by atoms with E-state index in [2.05, 4.69) is 21.9 Å². The largest absolute Gasteiger partial charge is 0.506 e. The van der Waals surface area contributed by atoms with Crippen molar-refractivity contribution in [3.05, 3.63) is 88.7 Å². The second-order valence-electron chi connectivity index (χ2n) is 11.6. The third kappa shape index (κ3) is 5.74. The number of hydrogen-bond donors (Lipinski definition) is 1. The molecule has 0 spiro atoms. The summed E-state index contributed by atoms with van der Waals surface area (Å²) >= 11 is 6.16. The van der Waals surface area contributed by atoms with Crippen LogP contribution in [0.2, 0.25) is 5.02 Å². The van der Waals surface area contributed by atoms with E-state index in [1.807, 2.05) is 18.2 Å². The molecule has 0 radical (unpaired) electrons. The zero-order valence-corrected chi connectivity index (χ0v) is 24.9. The van der Waals surface area contributed by atoms with Gasteiger partial charge in [-0.2, -0.15) is 0 Å². The number of phenols is 1. The van der Waals surface area contributed by atoms with Crippen LogP contribution in [0.5, 0.6) is 5.75 Å². The SMILES string of the molecule is O=C(c1ccc(F)cc1Cl)N1CC2CCC(C1)N2c1cc(S(=O)(=O)C2CCN(CCc3ccccc3)CC2)ccc1O. The highest BCUT2D eigenvalue weighted by Gasteiger charge is 2.43. The van der Waals surface area contributed by atoms with Crippen LogP contribution in [0.4, 0.5) is 10.1 Å². The number of phenolic OH excluding ortho intramolecular Hbond substituents is 1. The van der Waals surface area contributed by atoms with Crippen molar-refractivity contribution in [1.82, 2.24) is 9.80 Å². The van der Waals surface area contributed by atoms with Crippen molar-refractivity contribution in [3.63, 3.8) is 0 Å². The summed E-state index contributed by atoms with van der Waals surface area (Å²) in [5, 5.41) is 10.5. The number of rotatable bonds is 7. The zero-order chi connectivity index (χ0) is 29.4. The summed E-state index contributed by atoms with van der Waals surface area (Å²) in [6.07, 6.45) is 3.71. The summed E-state index contributed by atoms with van der Waals surface area (Å²) in [6.45, 7) is 3.19. The fourth-order valence-electron chi connectivity index (χ4n) is 6.75. The Morgan fingerprint density at radius 3 is 2.29 bits per heavy atom. The lowest BCUT2D eigenvalue weighted by atomic mass is 10.1. The van der Waals surface area contributed by atoms with Crippen molar-refractivity contribution in [1.29, 1.82) is 0 Å². The Morgan fingerprint density at radius 2 is 1.62 bits per heavy atom. The summed E-state index contributed by atoms with van der Waals surface area (Å²) in [4.78, 5) is 19.6. The molecule has 222 valence electrons. The predicted octanol–water partition coefficient (Wildman–Crippen LogP) is 5.16. The Morgan fingerprint density at radius 1 is 0.929 bits per heavy atom. The number of carbonyl (C=O) groups is 1. The number of fused-ring (bicyclic) bond motifs is 2. The molecule has 0 aromatic heterocycles. The normalized spacial score (nSPS) is 21.6. The molecule has 2 atom stereocenters. The number of amides is 1. The number of piperidine rings is 1. The van der Waals surface area contributed by atoms with Gasteiger partial charge in [-0.05, 0) is 87.2 Å². The molecule has 2 bridgehead atoms. The minimum absolute atomic E-state index is 0.0305. The molecule has 10 heteroatoms. The number of benzene rings is 3. The molecule has 1 N–H and O–H groups in total. The first-order chi connectivity index (χ1) is 20.2. The maximum absolute atomic E-state index is 13.7. The van der Waals surface area contributed by atoms with Crippen molar-refractivity contribution >= 4 is 33.0 Å². The second-order valence-corrected chi connectivity index (χ2v) is 14.2. The van der Waals surface area contributed by atoms with Gasteiger partial charge in [0.1, 0.15) is 11.6 Å². The topological polar surface area (TPSA) is 81.2 Å². The van der Waals surface area contributed by atoms with Gasteiger partial charge in [-0.25, -0.2) is 12.8 Å². The van der Waals surface area contributed by atoms with Crippen LogP contribution in [0, 0.1) is 5.82 Å². The van der Waals surface area contributed by atoms with Crippen molar-refractivity contribution in [3.8, 4) is 5.75 Å². The van der Waals surface area contributed by atoms with Crippen molar-refractivity contribution < 1.29 is 22.7 Å². The van der Waals surface area contributed by atoms with E-state index < -0.39 is 20.9 Å². The van der Waals surface area contributed by atoms with Crippen LogP contribution in [-0.2, 0) is 16.3 Å². The lowest BCUT2D eigenvalue weighted by Gasteiger charge is -2.43. The van der Waals surface area contributed by atoms with Gasteiger partial charge < -0.3 is 19.8 Å². The molecule has 3 heterocycles. The van der Waals surface area contributed by atoms with Crippen molar-refractivity contribution in [2.24, 2.45) is 0 Å². The minimum Gasteiger partial charge on any atom is -0.506 e. The molecule has 6 rings (SSSR count). The van der Waals surface area contributed by atoms with E-state index in [4.69, 9.17) is 11.6 Å². The highest BCUT2D eigenvalue weighted by molar-refractivity contribution is 7.92. The zero-order valence-electron chi connectivity index (χ0n) is 23.3. The number of halogens is 2. The van der Waals surface area contributed by atoms with Crippen LogP contribution in [0.15, 0.2) is 71.6 Å². The van der Waals surface area contributed by atoms with Crippen LogP contribution in [0.3, 0.4) is 0 Å². The highest BCUT2D eigenvalue weighted by Crippen LogP contribution is 2.41. The summed E-state index contributed by atoms with van der Waals surface area (Å²) in [5.74, 6) is -0.726. The molecule has 3 saturated heterocycles. The average molecular weight is 612 g/mol. The Labute approximate surface area is 251 Å². The Kier molecular flexibility index (Phi) is 8.18. The van der Waals surface area contributed by atoms with Gasteiger partial charge in [0.05, 0.1) is 26.4 Å². The van der Waals surface area contributed by atoms with E-state index in [-0.39, 0.29) is 39.2 Å². The molecule has 3 aromatic rings. The maximum Gasteiger partial charge on any atom is 0.255 e. The lowest BCUT2D eigenvalue weighted by Crippen LogP contribution is -2.55. The number of carbonyl (C=O) groups excluding carboxylic acids is 1. The van der Waals surface area contributed by atoms with Gasteiger partial charge in [-0.15, -0.1) is 0 Å². The van der Waals surface area contributed by atoms with Gasteiger partial charge in [0.15, 0.2) is 9.84 Å². The highest BCUT2D eigenvalue weighted by atomic mass is 35.5. The van der Waals surface area contributed by atoms with Gasteiger partial charge in [0.2, 0.25) is 0 Å². The third-order valence-electron chi connectivity index (χ3n) is 9.02. The van der Waals surface area contributed by atoms with Crippen molar-refractivity contribution in [2.75, 3.05) is 37.6 Å². The number of piperazine rings is 1. The standard InChI is InChI=1S/C32H35ClFN3O4S/c33-29-18-23(34)6-10-28(29)32(39)36-20-24-7-8-25(21-36)37(24)30-19-27(9-11-31(30)38)42(40,41)26-13-16-35(17-14-26)15-12-22-4-2-1-3-5-22/h1-6,9-11,18-19,24-26,38H,7-8,12-17,20-21H2. The smallest absolute Gasteiger partial charge is 0.255 e. The van der Waals surface area contributed by atoms with Crippen LogP contribution >= 0.6 is 11.6 Å². The molecule has 3 aliphatic heterocycles. The van der Waals surface area contributed by atoms with E-state index in [0.29, 0.717) is 31.6 Å². The molecule has 7 nitrogen and oxygen atoms in total. The second kappa shape index (κ2) is 11.9. The predicted molar refractivity (Wildman–Crippen MR) is 162 cm³/mol. The van der Waals surface area contributed by atoms with Gasteiger partial charge in [0.25, 0.3) is 5.91 Å². The molecule has 3 fully saturated rings. The first kappa shape index (κ1) is 29.0. The van der Waals surface area contributed by atoms with E-state index in [0.717, 1.165) is 45.0 Å². The lowest BCUT2D eigenvalue weighted by molar-refractivity contribution is 0.0718. The molecule has 0 aliphatic carbocycles. The Balaban J connectivity index is 1.13. The molecular formula is C32H35ClFN3O4S. The summed E-state index contributed by atoms with van der Waals surface area (Å²) in [7, 11) is -3.59. The van der Waals surface area contributed by atoms with E-state index in [9.17, 15) is 22.7 Å². The number of anilines is 1. The monoisotopic (exact) mass is 611 g/mol. The Bertz CT molecular complexity index is 1550. The van der Waals surface area contributed by atoms with Crippen LogP contribution in [0.25, 0.3) is 0 Å². The average Bonchev–Trinajstić information content (AvgIpc) is 3.24. The fourth-order valence-corrected chi connectivity index (χ4v) is 8.75. The molecule has 1 amide bonds. The first-order valence-electron chi connectivity index (χ1n) is 14.6. The number of hydrogen-bond acceptors (Lipinski definition) is 6. The van der Waals surface area contributed by atoms with E-state index in [1.165, 1.54) is 29.8 Å². The summed E-state index contributed by atoms with van der Waals surface area (Å²) < 4.78 is 41.0. The summed E-state index contributed by atoms with van der Waals surface area (Å²) in [6, 6.07) is 18.5. The minimum atomic E-state index is -3.59. The van der Waals surface area contributed by atoms with E-state index in [1.54, 1.807) is 11.0 Å². The Hall–Kier alpha value is -3.14. The van der Waals surface area contributed by atoms with Gasteiger partial charge in [-0.1, -0.05) is 41.9 Å².